The largest absolute Gasteiger partial charge is 0.377 e. The van der Waals surface area contributed by atoms with Crippen molar-refractivity contribution in [2.75, 3.05) is 19.0 Å². The molecule has 0 saturated carbocycles. The van der Waals surface area contributed by atoms with E-state index in [-0.39, 0.29) is 5.78 Å². The molecule has 16 heavy (non-hydrogen) atoms. The first-order valence-corrected chi connectivity index (χ1v) is 5.46. The molecule has 1 aromatic carbocycles. The Hall–Kier alpha value is -1.75. The number of carbonyl (C=O) groups is 1. The fourth-order valence-corrected chi connectivity index (χ4v) is 1.39. The molecule has 0 aromatic heterocycles. The average Bonchev–Trinajstić information content (AvgIpc) is 2.29. The van der Waals surface area contributed by atoms with Crippen molar-refractivity contribution in [3.63, 3.8) is 0 Å². The van der Waals surface area contributed by atoms with E-state index in [9.17, 15) is 4.79 Å². The van der Waals surface area contributed by atoms with Crippen LogP contribution >= 0.6 is 0 Å². The molecule has 0 fully saturated rings. The predicted molar refractivity (Wildman–Crippen MR) is 67.8 cm³/mol. The standard InChI is InChI=1S/C14H17NO/c1-4-5-6-11-14(16)12-9-7-8-10-13(12)15(2)3/h7-10H,4-5H2,1-3H3. The van der Waals surface area contributed by atoms with Gasteiger partial charge in [-0.05, 0) is 24.5 Å². The summed E-state index contributed by atoms with van der Waals surface area (Å²) in [4.78, 5) is 13.8. The quantitative estimate of drug-likeness (QED) is 0.439. The van der Waals surface area contributed by atoms with E-state index in [1.165, 1.54) is 0 Å². The lowest BCUT2D eigenvalue weighted by molar-refractivity contribution is 0.105. The molecule has 0 amide bonds. The van der Waals surface area contributed by atoms with Gasteiger partial charge in [0.1, 0.15) is 0 Å². The molecule has 0 spiro atoms. The summed E-state index contributed by atoms with van der Waals surface area (Å²) in [5, 5.41) is 0. The molecular weight excluding hydrogens is 198 g/mol. The first kappa shape index (κ1) is 12.3. The highest BCUT2D eigenvalue weighted by Crippen LogP contribution is 2.17. The molecule has 0 atom stereocenters. The topological polar surface area (TPSA) is 20.3 Å². The van der Waals surface area contributed by atoms with Gasteiger partial charge in [-0.25, -0.2) is 0 Å². The number of ketones is 1. The molecule has 0 aliphatic heterocycles. The molecule has 2 heteroatoms. The minimum absolute atomic E-state index is 0.0993. The van der Waals surface area contributed by atoms with Gasteiger partial charge in [0, 0.05) is 26.2 Å². The number of hydrogen-bond donors (Lipinski definition) is 0. The molecule has 0 unspecified atom stereocenters. The van der Waals surface area contributed by atoms with Crippen molar-refractivity contribution in [3.8, 4) is 11.8 Å². The van der Waals surface area contributed by atoms with Gasteiger partial charge in [0.2, 0.25) is 5.78 Å². The first-order chi connectivity index (χ1) is 7.66. The molecule has 0 aliphatic rings. The van der Waals surface area contributed by atoms with Gasteiger partial charge in [-0.15, -0.1) is 0 Å². The Morgan fingerprint density at radius 1 is 1.31 bits per heavy atom. The van der Waals surface area contributed by atoms with Crippen LogP contribution in [0.25, 0.3) is 0 Å². The van der Waals surface area contributed by atoms with Crippen LogP contribution in [0.15, 0.2) is 24.3 Å². The highest BCUT2D eigenvalue weighted by atomic mass is 16.1. The summed E-state index contributed by atoms with van der Waals surface area (Å²) >= 11 is 0. The minimum Gasteiger partial charge on any atom is -0.377 e. The van der Waals surface area contributed by atoms with Crippen molar-refractivity contribution in [3.05, 3.63) is 29.8 Å². The maximum absolute atomic E-state index is 11.8. The Bertz CT molecular complexity index is 424. The zero-order valence-corrected chi connectivity index (χ0v) is 10.1. The van der Waals surface area contributed by atoms with Crippen molar-refractivity contribution < 1.29 is 4.79 Å². The number of hydrogen-bond acceptors (Lipinski definition) is 2. The molecule has 0 bridgehead atoms. The average molecular weight is 215 g/mol. The third-order valence-corrected chi connectivity index (χ3v) is 2.21. The van der Waals surface area contributed by atoms with Gasteiger partial charge in [-0.1, -0.05) is 25.0 Å². The van der Waals surface area contributed by atoms with E-state index in [0.29, 0.717) is 5.56 Å². The van der Waals surface area contributed by atoms with Crippen LogP contribution in [0.5, 0.6) is 0 Å². The van der Waals surface area contributed by atoms with Gasteiger partial charge >= 0.3 is 0 Å². The van der Waals surface area contributed by atoms with Crippen LogP contribution < -0.4 is 4.90 Å². The van der Waals surface area contributed by atoms with E-state index < -0.39 is 0 Å². The van der Waals surface area contributed by atoms with Crippen LogP contribution in [0.2, 0.25) is 0 Å². The number of rotatable bonds is 3. The van der Waals surface area contributed by atoms with Crippen LogP contribution in [0.1, 0.15) is 30.1 Å². The van der Waals surface area contributed by atoms with Crippen molar-refractivity contribution >= 4 is 11.5 Å². The summed E-state index contributed by atoms with van der Waals surface area (Å²) in [6, 6.07) is 7.53. The summed E-state index contributed by atoms with van der Waals surface area (Å²) in [6.45, 7) is 2.05. The summed E-state index contributed by atoms with van der Waals surface area (Å²) < 4.78 is 0. The van der Waals surface area contributed by atoms with E-state index in [4.69, 9.17) is 0 Å². The smallest absolute Gasteiger partial charge is 0.237 e. The Labute approximate surface area is 97.3 Å². The Balaban J connectivity index is 2.96. The van der Waals surface area contributed by atoms with Gasteiger partial charge in [0.05, 0.1) is 5.56 Å². The van der Waals surface area contributed by atoms with Crippen molar-refractivity contribution in [2.24, 2.45) is 0 Å². The number of unbranched alkanes of at least 4 members (excludes halogenated alkanes) is 1. The maximum atomic E-state index is 11.8. The zero-order chi connectivity index (χ0) is 12.0. The van der Waals surface area contributed by atoms with Crippen LogP contribution in [0.3, 0.4) is 0 Å². The van der Waals surface area contributed by atoms with Crippen LogP contribution in [-0.4, -0.2) is 19.9 Å². The molecule has 0 aliphatic carbocycles. The van der Waals surface area contributed by atoms with Crippen LogP contribution in [0, 0.1) is 11.8 Å². The lowest BCUT2D eigenvalue weighted by Crippen LogP contribution is -2.13. The predicted octanol–water partition coefficient (Wildman–Crippen LogP) is 2.74. The molecule has 0 heterocycles. The van der Waals surface area contributed by atoms with Gasteiger partial charge in [0.15, 0.2) is 0 Å². The minimum atomic E-state index is -0.0993. The Kier molecular flexibility index (Phi) is 4.60. The second-order valence-corrected chi connectivity index (χ2v) is 3.79. The van der Waals surface area contributed by atoms with Crippen LogP contribution in [0.4, 0.5) is 5.69 Å². The number of para-hydroxylation sites is 1. The molecule has 2 nitrogen and oxygen atoms in total. The zero-order valence-electron chi connectivity index (χ0n) is 10.1. The van der Waals surface area contributed by atoms with Gasteiger partial charge in [-0.3, -0.25) is 4.79 Å². The molecule has 0 radical (unpaired) electrons. The van der Waals surface area contributed by atoms with Gasteiger partial charge in [0.25, 0.3) is 0 Å². The molecular formula is C14H17NO. The fourth-order valence-electron chi connectivity index (χ4n) is 1.39. The number of nitrogens with zero attached hydrogens (tertiary/aromatic N) is 1. The second kappa shape index (κ2) is 5.97. The molecule has 1 aromatic rings. The second-order valence-electron chi connectivity index (χ2n) is 3.79. The van der Waals surface area contributed by atoms with Crippen molar-refractivity contribution in [1.29, 1.82) is 0 Å². The molecule has 84 valence electrons. The number of benzene rings is 1. The Morgan fingerprint density at radius 2 is 2.00 bits per heavy atom. The van der Waals surface area contributed by atoms with E-state index in [2.05, 4.69) is 11.8 Å². The lowest BCUT2D eigenvalue weighted by atomic mass is 10.1. The monoisotopic (exact) mass is 215 g/mol. The highest BCUT2D eigenvalue weighted by Gasteiger charge is 2.09. The van der Waals surface area contributed by atoms with E-state index >= 15 is 0 Å². The lowest BCUT2D eigenvalue weighted by Gasteiger charge is -2.14. The highest BCUT2D eigenvalue weighted by molar-refractivity contribution is 6.12. The summed E-state index contributed by atoms with van der Waals surface area (Å²) in [5.74, 6) is 5.46. The molecule has 1 rings (SSSR count). The SMILES string of the molecule is CCCC#CC(=O)c1ccccc1N(C)C. The normalized spacial score (nSPS) is 9.19. The summed E-state index contributed by atoms with van der Waals surface area (Å²) in [7, 11) is 3.84. The van der Waals surface area contributed by atoms with E-state index in [1.807, 2.05) is 50.2 Å². The summed E-state index contributed by atoms with van der Waals surface area (Å²) in [5.41, 5.74) is 1.59. The fraction of sp³-hybridized carbons (Fsp3) is 0.357. The van der Waals surface area contributed by atoms with Crippen LogP contribution in [-0.2, 0) is 0 Å². The third-order valence-electron chi connectivity index (χ3n) is 2.21. The first-order valence-electron chi connectivity index (χ1n) is 5.46. The molecule has 0 saturated heterocycles. The summed E-state index contributed by atoms with van der Waals surface area (Å²) in [6.07, 6.45) is 1.76. The van der Waals surface area contributed by atoms with E-state index in [0.717, 1.165) is 18.5 Å². The van der Waals surface area contributed by atoms with Crippen molar-refractivity contribution in [1.82, 2.24) is 0 Å². The Morgan fingerprint density at radius 3 is 2.62 bits per heavy atom. The third kappa shape index (κ3) is 3.13. The number of carbonyl (C=O) groups excluding carboxylic acids is 1. The van der Waals surface area contributed by atoms with E-state index in [1.54, 1.807) is 0 Å². The van der Waals surface area contributed by atoms with Gasteiger partial charge < -0.3 is 4.90 Å². The number of anilines is 1. The number of Topliss-reactive ketones (excluding diaryl/α,β-unsaturated/α-hetero) is 1. The van der Waals surface area contributed by atoms with Crippen molar-refractivity contribution in [2.45, 2.75) is 19.8 Å². The maximum Gasteiger partial charge on any atom is 0.237 e. The molecule has 0 N–H and O–H groups in total. The van der Waals surface area contributed by atoms with Gasteiger partial charge in [-0.2, -0.15) is 0 Å².